The van der Waals surface area contributed by atoms with E-state index in [9.17, 15) is 0 Å². The topological polar surface area (TPSA) is 0 Å². The van der Waals surface area contributed by atoms with Crippen LogP contribution in [-0.4, -0.2) is 12.3 Å². The van der Waals surface area contributed by atoms with Crippen molar-refractivity contribution in [1.29, 1.82) is 0 Å². The van der Waals surface area contributed by atoms with Crippen LogP contribution < -0.4 is 24.8 Å². The Kier molecular flexibility index (Phi) is 10.4. The molecule has 162 valence electrons. The first kappa shape index (κ1) is 26.4. The summed E-state index contributed by atoms with van der Waals surface area (Å²) >= 11 is -0.0490. The number of rotatable bonds is 7. The van der Waals surface area contributed by atoms with Gasteiger partial charge < -0.3 is 24.8 Å². The molecule has 3 aliphatic rings. The molecule has 0 spiro atoms. The molecule has 0 radical (unpaired) electrons. The first-order valence-corrected chi connectivity index (χ1v) is 14.7. The first-order valence-electron chi connectivity index (χ1n) is 11.2. The van der Waals surface area contributed by atoms with Crippen molar-refractivity contribution >= 4 is 14.0 Å². The average Bonchev–Trinajstić information content (AvgIpc) is 3.23. The second-order valence-corrected chi connectivity index (χ2v) is 14.6. The van der Waals surface area contributed by atoms with Crippen LogP contribution >= 0.6 is 7.92 Å². The van der Waals surface area contributed by atoms with Crippen molar-refractivity contribution in [2.45, 2.75) is 49.0 Å². The Morgan fingerprint density at radius 2 is 1.60 bits per heavy atom. The summed E-state index contributed by atoms with van der Waals surface area (Å²) in [5, 5.41) is 1.87. The molecule has 1 saturated carbocycles. The van der Waals surface area contributed by atoms with Gasteiger partial charge in [0.1, 0.15) is 0 Å². The van der Waals surface area contributed by atoms with E-state index in [1.54, 1.807) is 11.1 Å². The van der Waals surface area contributed by atoms with Crippen molar-refractivity contribution in [3.05, 3.63) is 65.0 Å². The summed E-state index contributed by atoms with van der Waals surface area (Å²) < 4.78 is 1.77. The van der Waals surface area contributed by atoms with Gasteiger partial charge in [-0.25, -0.2) is 0 Å². The zero-order valence-electron chi connectivity index (χ0n) is 18.7. The minimum Gasteiger partial charge on any atom is -1.00 e. The van der Waals surface area contributed by atoms with Gasteiger partial charge in [-0.15, -0.1) is 0 Å². The maximum atomic E-state index is 2.64. The van der Waals surface area contributed by atoms with Crippen LogP contribution in [0.5, 0.6) is 0 Å². The van der Waals surface area contributed by atoms with Gasteiger partial charge in [-0.1, -0.05) is 0 Å². The van der Waals surface area contributed by atoms with Crippen LogP contribution in [0.15, 0.2) is 53.9 Å². The Bertz CT molecular complexity index is 773. The van der Waals surface area contributed by atoms with Gasteiger partial charge in [-0.2, -0.15) is 0 Å². The van der Waals surface area contributed by atoms with E-state index in [0.717, 1.165) is 32.1 Å². The molecule has 4 atom stereocenters. The van der Waals surface area contributed by atoms with Gasteiger partial charge in [0.25, 0.3) is 0 Å². The molecule has 0 bridgehead atoms. The molecule has 0 saturated heterocycles. The van der Waals surface area contributed by atoms with Crippen LogP contribution in [-0.2, 0) is 19.2 Å². The van der Waals surface area contributed by atoms with E-state index in [1.807, 2.05) is 5.31 Å². The third-order valence-electron chi connectivity index (χ3n) is 6.40. The zero-order valence-corrected chi connectivity index (χ0v) is 22.7. The Balaban J connectivity index is 0.00000160. The SMILES string of the molecule is CC(C)CP(CC(C)C)C1=Cc2ccccc2[CH]1[Ti+2][CH]1CCC2C=CC=CC21.[Cl-].[Cl-]. The van der Waals surface area contributed by atoms with Crippen molar-refractivity contribution in [3.63, 3.8) is 0 Å². The molecule has 30 heavy (non-hydrogen) atoms. The van der Waals surface area contributed by atoms with Gasteiger partial charge in [0.15, 0.2) is 0 Å². The van der Waals surface area contributed by atoms with Crippen molar-refractivity contribution < 1.29 is 44.0 Å². The third-order valence-corrected chi connectivity index (χ3v) is 13.4. The quantitative estimate of drug-likeness (QED) is 0.399. The van der Waals surface area contributed by atoms with Gasteiger partial charge in [-0.05, 0) is 0 Å². The van der Waals surface area contributed by atoms with E-state index >= 15 is 0 Å². The second kappa shape index (κ2) is 11.9. The molecule has 0 heterocycles. The summed E-state index contributed by atoms with van der Waals surface area (Å²) in [7, 11) is -0.00543. The number of hydrogen-bond acceptors (Lipinski definition) is 0. The summed E-state index contributed by atoms with van der Waals surface area (Å²) in [4.78, 5) is 0. The molecule has 0 N–H and O–H groups in total. The monoisotopic (exact) mass is 496 g/mol. The van der Waals surface area contributed by atoms with Crippen molar-refractivity contribution in [2.75, 3.05) is 12.3 Å². The molecule has 0 amide bonds. The summed E-state index contributed by atoms with van der Waals surface area (Å²) in [6.07, 6.45) is 18.0. The predicted molar refractivity (Wildman–Crippen MR) is 122 cm³/mol. The fraction of sp³-hybridized carbons (Fsp3) is 0.538. The van der Waals surface area contributed by atoms with Gasteiger partial charge in [0, 0.05) is 0 Å². The van der Waals surface area contributed by atoms with Crippen LogP contribution in [0.1, 0.15) is 55.9 Å². The molecule has 1 aromatic carbocycles. The van der Waals surface area contributed by atoms with Crippen LogP contribution in [0.25, 0.3) is 6.08 Å². The van der Waals surface area contributed by atoms with Crippen molar-refractivity contribution in [1.82, 2.24) is 0 Å². The molecule has 1 aromatic rings. The Labute approximate surface area is 207 Å². The Hall–Kier alpha value is 0.164. The van der Waals surface area contributed by atoms with Crippen molar-refractivity contribution in [2.24, 2.45) is 23.7 Å². The summed E-state index contributed by atoms with van der Waals surface area (Å²) in [6.45, 7) is 9.68. The average molecular weight is 497 g/mol. The fourth-order valence-electron chi connectivity index (χ4n) is 5.29. The van der Waals surface area contributed by atoms with E-state index < -0.39 is 0 Å². The van der Waals surface area contributed by atoms with Crippen LogP contribution in [0, 0.1) is 23.7 Å². The number of hydrogen-bond donors (Lipinski definition) is 0. The zero-order chi connectivity index (χ0) is 19.7. The molecule has 0 aliphatic heterocycles. The predicted octanol–water partition coefficient (Wildman–Crippen LogP) is 1.91. The molecular weight excluding hydrogens is 462 g/mol. The molecule has 0 nitrogen and oxygen atoms in total. The largest absolute Gasteiger partial charge is 1.00 e. The van der Waals surface area contributed by atoms with E-state index in [2.05, 4.69) is 82.3 Å². The minimum absolute atomic E-state index is 0. The maximum absolute atomic E-state index is 2.64. The number of fused-ring (bicyclic) bond motifs is 2. The second-order valence-electron chi connectivity index (χ2n) is 9.69. The smallest absolute Gasteiger partial charge is 1.00 e. The molecule has 4 heteroatoms. The van der Waals surface area contributed by atoms with Crippen LogP contribution in [0.4, 0.5) is 0 Å². The molecule has 4 unspecified atom stereocenters. The Morgan fingerprint density at radius 1 is 0.933 bits per heavy atom. The van der Waals surface area contributed by atoms with E-state index in [1.165, 1.54) is 25.2 Å². The first-order chi connectivity index (χ1) is 13.5. The molecule has 4 rings (SSSR count). The van der Waals surface area contributed by atoms with E-state index in [4.69, 9.17) is 0 Å². The van der Waals surface area contributed by atoms with Gasteiger partial charge in [-0.3, -0.25) is 0 Å². The molecular formula is C26H35Cl2PTi. The summed E-state index contributed by atoms with van der Waals surface area (Å²) in [5.41, 5.74) is 3.22. The van der Waals surface area contributed by atoms with Crippen LogP contribution in [0.3, 0.4) is 0 Å². The number of halogens is 2. The van der Waals surface area contributed by atoms with Gasteiger partial charge >= 0.3 is 183 Å². The minimum atomic E-state index is -0.0490. The standard InChI is InChI=1S/C17H24P.C9H11.2ClH.Ti/c1-13(2)11-18(12-14(3)4)17-9-15-7-5-6-8-16(15)10-17;1-2-5-9-7-3-6-8(9)4-1;;;/h5-10,13-14H,11-12H2,1-4H3;1-2,4-6,8-9H,3,7H2;2*1H;/q;;;;+2/p-2. The summed E-state index contributed by atoms with van der Waals surface area (Å²) in [6, 6.07) is 9.35. The molecule has 0 aromatic heterocycles. The molecule has 3 aliphatic carbocycles. The molecule has 1 fully saturated rings. The van der Waals surface area contributed by atoms with Gasteiger partial charge in [0.05, 0.1) is 0 Å². The third kappa shape index (κ3) is 5.94. The number of allylic oxidation sites excluding steroid dienone is 5. The van der Waals surface area contributed by atoms with Crippen LogP contribution in [0.2, 0.25) is 4.22 Å². The van der Waals surface area contributed by atoms with E-state index in [0.29, 0.717) is 0 Å². The maximum Gasteiger partial charge on any atom is -1.00 e. The van der Waals surface area contributed by atoms with Gasteiger partial charge in [0.2, 0.25) is 0 Å². The number of benzene rings is 1. The van der Waals surface area contributed by atoms with E-state index in [-0.39, 0.29) is 51.9 Å². The fourth-order valence-corrected chi connectivity index (χ4v) is 12.8. The Morgan fingerprint density at radius 3 is 2.30 bits per heavy atom. The van der Waals surface area contributed by atoms with Crippen molar-refractivity contribution in [3.8, 4) is 0 Å². The normalized spacial score (nSPS) is 26.2. The summed E-state index contributed by atoms with van der Waals surface area (Å²) in [5.74, 6) is 3.27.